The van der Waals surface area contributed by atoms with E-state index in [1.54, 1.807) is 12.3 Å². The number of carbonyl (C=O) groups excluding carboxylic acids is 1. The Hall–Kier alpha value is -3.02. The van der Waals surface area contributed by atoms with Crippen LogP contribution in [0.15, 0.2) is 65.8 Å². The lowest BCUT2D eigenvalue weighted by atomic mass is 9.96. The molecule has 0 amide bonds. The molecule has 0 bridgehead atoms. The first-order valence-corrected chi connectivity index (χ1v) is 16.0. The summed E-state index contributed by atoms with van der Waals surface area (Å²) in [5, 5.41) is 0.312. The van der Waals surface area contributed by atoms with Crippen molar-refractivity contribution in [3.63, 3.8) is 0 Å². The number of para-hydroxylation sites is 1. The lowest BCUT2D eigenvalue weighted by Crippen LogP contribution is -2.31. The minimum atomic E-state index is -3.76. The van der Waals surface area contributed by atoms with Crippen molar-refractivity contribution in [2.24, 2.45) is 5.73 Å². The number of methoxy groups -OCH3 is 1. The van der Waals surface area contributed by atoms with Crippen molar-refractivity contribution in [1.29, 1.82) is 0 Å². The fourth-order valence-corrected chi connectivity index (χ4v) is 6.23. The first-order chi connectivity index (χ1) is 20.2. The number of nitrogens with two attached hydrogens (primary N) is 1. The van der Waals surface area contributed by atoms with Crippen molar-refractivity contribution in [2.75, 3.05) is 13.7 Å². The van der Waals surface area contributed by atoms with Gasteiger partial charge in [0.1, 0.15) is 11.8 Å². The van der Waals surface area contributed by atoms with Crippen molar-refractivity contribution in [1.82, 2.24) is 9.71 Å². The van der Waals surface area contributed by atoms with E-state index < -0.39 is 27.6 Å². The van der Waals surface area contributed by atoms with Crippen LogP contribution in [0, 0.1) is 0 Å². The van der Waals surface area contributed by atoms with Gasteiger partial charge in [-0.05, 0) is 73.9 Å². The molecule has 1 aromatic heterocycles. The molecule has 0 aliphatic heterocycles. The van der Waals surface area contributed by atoms with Crippen LogP contribution in [0.3, 0.4) is 0 Å². The Morgan fingerprint density at radius 2 is 1.93 bits per heavy atom. The topological polar surface area (TPSA) is 130 Å². The summed E-state index contributed by atoms with van der Waals surface area (Å²) in [7, 11) is -2.47. The number of esters is 1. The van der Waals surface area contributed by atoms with E-state index in [1.165, 1.54) is 19.2 Å². The summed E-state index contributed by atoms with van der Waals surface area (Å²) < 4.78 is 45.5. The molecule has 11 heteroatoms. The third-order valence-corrected chi connectivity index (χ3v) is 9.40. The quantitative estimate of drug-likeness (QED) is 0.179. The number of pyridine rings is 1. The van der Waals surface area contributed by atoms with E-state index in [-0.39, 0.29) is 24.2 Å². The standard InChI is InChI=1S/C31H36ClN3O6S/c1-39-30(36)28(33)7-4-5-16-35-42(37,38)23-12-9-21(27(32)18-23)20-40-31(14-15-31)26-19-34-17-13-24(26)25-6-2-3-8-29(25)41-22-10-11-22/h2-3,6,8-9,12-13,17-19,22,28,35H,4-5,7,10-11,14-16,20,33H2,1H3/t28-/m0/s1. The van der Waals surface area contributed by atoms with Crippen LogP contribution < -0.4 is 15.2 Å². The largest absolute Gasteiger partial charge is 0.490 e. The fourth-order valence-electron chi connectivity index (χ4n) is 4.83. The molecular weight excluding hydrogens is 578 g/mol. The maximum absolute atomic E-state index is 12.8. The number of ether oxygens (including phenoxy) is 3. The summed E-state index contributed by atoms with van der Waals surface area (Å²) in [5.41, 5.74) is 8.97. The van der Waals surface area contributed by atoms with E-state index in [1.807, 2.05) is 30.5 Å². The predicted molar refractivity (Wildman–Crippen MR) is 160 cm³/mol. The lowest BCUT2D eigenvalue weighted by molar-refractivity contribution is -0.142. The van der Waals surface area contributed by atoms with Gasteiger partial charge in [-0.2, -0.15) is 0 Å². The summed E-state index contributed by atoms with van der Waals surface area (Å²) in [5.74, 6) is 0.382. The van der Waals surface area contributed by atoms with Gasteiger partial charge in [0.05, 0.1) is 30.3 Å². The number of rotatable bonds is 15. The minimum absolute atomic E-state index is 0.0745. The van der Waals surface area contributed by atoms with Gasteiger partial charge < -0.3 is 19.9 Å². The van der Waals surface area contributed by atoms with Crippen LogP contribution in [0.2, 0.25) is 5.02 Å². The molecule has 9 nitrogen and oxygen atoms in total. The highest BCUT2D eigenvalue weighted by molar-refractivity contribution is 7.89. The van der Waals surface area contributed by atoms with Gasteiger partial charge in [-0.15, -0.1) is 0 Å². The molecule has 0 unspecified atom stereocenters. The summed E-state index contributed by atoms with van der Waals surface area (Å²) in [6.45, 7) is 0.436. The molecule has 2 aliphatic rings. The van der Waals surface area contributed by atoms with Crippen LogP contribution in [0.1, 0.15) is 56.1 Å². The Balaban J connectivity index is 1.21. The first kappa shape index (κ1) is 30.4. The molecule has 42 heavy (non-hydrogen) atoms. The van der Waals surface area contributed by atoms with Gasteiger partial charge in [-0.1, -0.05) is 42.3 Å². The van der Waals surface area contributed by atoms with E-state index >= 15 is 0 Å². The molecule has 5 rings (SSSR count). The number of nitrogens with one attached hydrogen (secondary N) is 1. The molecule has 1 heterocycles. The maximum atomic E-state index is 12.8. The molecule has 3 aromatic rings. The van der Waals surface area contributed by atoms with Gasteiger partial charge in [0.15, 0.2) is 0 Å². The van der Waals surface area contributed by atoms with Gasteiger partial charge in [-0.25, -0.2) is 13.1 Å². The molecule has 2 fully saturated rings. The highest BCUT2D eigenvalue weighted by atomic mass is 35.5. The van der Waals surface area contributed by atoms with Crippen molar-refractivity contribution in [3.05, 3.63) is 77.1 Å². The summed E-state index contributed by atoms with van der Waals surface area (Å²) in [6.07, 6.45) is 9.29. The van der Waals surface area contributed by atoms with E-state index in [9.17, 15) is 13.2 Å². The number of carbonyl (C=O) groups is 1. The number of halogens is 1. The lowest BCUT2D eigenvalue weighted by Gasteiger charge is -2.22. The number of hydrogen-bond donors (Lipinski definition) is 2. The Labute approximate surface area is 251 Å². The Kier molecular flexibility index (Phi) is 9.49. The number of benzene rings is 2. The maximum Gasteiger partial charge on any atom is 0.322 e. The second-order valence-electron chi connectivity index (χ2n) is 10.8. The monoisotopic (exact) mass is 613 g/mol. The molecule has 3 N–H and O–H groups in total. The number of aromatic nitrogens is 1. The zero-order valence-electron chi connectivity index (χ0n) is 23.6. The number of hydrogen-bond acceptors (Lipinski definition) is 8. The molecule has 2 saturated carbocycles. The van der Waals surface area contributed by atoms with E-state index in [2.05, 4.69) is 20.5 Å². The minimum Gasteiger partial charge on any atom is -0.490 e. The van der Waals surface area contributed by atoms with Gasteiger partial charge in [0.25, 0.3) is 0 Å². The molecule has 0 radical (unpaired) electrons. The Morgan fingerprint density at radius 1 is 1.14 bits per heavy atom. The van der Waals surface area contributed by atoms with E-state index in [0.29, 0.717) is 29.8 Å². The molecule has 0 spiro atoms. The highest BCUT2D eigenvalue weighted by Gasteiger charge is 2.47. The van der Waals surface area contributed by atoms with Gasteiger partial charge in [-0.3, -0.25) is 9.78 Å². The smallest absolute Gasteiger partial charge is 0.322 e. The highest BCUT2D eigenvalue weighted by Crippen LogP contribution is 2.53. The zero-order chi connectivity index (χ0) is 29.7. The Bertz CT molecular complexity index is 1520. The third kappa shape index (κ3) is 7.30. The van der Waals surface area contributed by atoms with Crippen LogP contribution in [0.25, 0.3) is 11.1 Å². The average molecular weight is 614 g/mol. The second-order valence-corrected chi connectivity index (χ2v) is 13.0. The van der Waals surface area contributed by atoms with Crippen molar-refractivity contribution in [2.45, 2.75) is 74.2 Å². The molecule has 1 atom stereocenters. The van der Waals surface area contributed by atoms with E-state index in [0.717, 1.165) is 48.1 Å². The van der Waals surface area contributed by atoms with Crippen LogP contribution >= 0.6 is 11.6 Å². The molecule has 2 aromatic carbocycles. The van der Waals surface area contributed by atoms with Crippen LogP contribution in [-0.4, -0.2) is 45.2 Å². The summed E-state index contributed by atoms with van der Waals surface area (Å²) in [4.78, 5) is 15.9. The van der Waals surface area contributed by atoms with Gasteiger partial charge in [0.2, 0.25) is 10.0 Å². The molecular formula is C31H36ClN3O6S. The second kappa shape index (κ2) is 13.1. The normalized spacial score (nSPS) is 16.5. The molecule has 2 aliphatic carbocycles. The van der Waals surface area contributed by atoms with E-state index in [4.69, 9.17) is 26.8 Å². The van der Waals surface area contributed by atoms with Gasteiger partial charge in [0, 0.05) is 35.1 Å². The average Bonchev–Trinajstić information content (AvgIpc) is 3.93. The molecule has 0 saturated heterocycles. The predicted octanol–water partition coefficient (Wildman–Crippen LogP) is 5.10. The van der Waals surface area contributed by atoms with Crippen LogP contribution in [0.5, 0.6) is 5.75 Å². The third-order valence-electron chi connectivity index (χ3n) is 7.59. The van der Waals surface area contributed by atoms with Crippen molar-refractivity contribution in [3.8, 4) is 16.9 Å². The number of nitrogens with zero attached hydrogens (tertiary/aromatic N) is 1. The van der Waals surface area contributed by atoms with Gasteiger partial charge >= 0.3 is 5.97 Å². The Morgan fingerprint density at radius 3 is 2.64 bits per heavy atom. The SMILES string of the molecule is COC(=O)[C@@H](N)CCCCNS(=O)(=O)c1ccc(COC2(c3cnccc3-c3ccccc3OC3CC3)CC2)c(Cl)c1. The van der Waals surface area contributed by atoms with Crippen LogP contribution in [-0.2, 0) is 36.5 Å². The number of sulfonamides is 1. The fraction of sp³-hybridized carbons (Fsp3) is 0.419. The first-order valence-electron chi connectivity index (χ1n) is 14.2. The van der Waals surface area contributed by atoms with Crippen LogP contribution in [0.4, 0.5) is 0 Å². The number of unbranched alkanes of at least 4 members (excludes halogenated alkanes) is 1. The summed E-state index contributed by atoms with van der Waals surface area (Å²) >= 11 is 6.54. The van der Waals surface area contributed by atoms with Crippen molar-refractivity contribution < 1.29 is 27.4 Å². The summed E-state index contributed by atoms with van der Waals surface area (Å²) in [6, 6.07) is 14.0. The molecule has 224 valence electrons. The zero-order valence-corrected chi connectivity index (χ0v) is 25.1. The van der Waals surface area contributed by atoms with Crippen molar-refractivity contribution >= 4 is 27.6 Å².